The summed E-state index contributed by atoms with van der Waals surface area (Å²) in [4.78, 5) is 19.4. The maximum atomic E-state index is 12.6. The Labute approximate surface area is 147 Å². The van der Waals surface area contributed by atoms with Crippen LogP contribution in [0, 0.1) is 5.92 Å². The average Bonchev–Trinajstić information content (AvgIpc) is 3.09. The third-order valence-corrected chi connectivity index (χ3v) is 6.27. The van der Waals surface area contributed by atoms with Crippen LogP contribution in [0.3, 0.4) is 0 Å². The van der Waals surface area contributed by atoms with E-state index < -0.39 is 0 Å². The number of piperidine rings is 3. The first kappa shape index (κ1) is 15.8. The zero-order chi connectivity index (χ0) is 16.5. The normalized spacial score (nSPS) is 28.7. The van der Waals surface area contributed by atoms with Crippen molar-refractivity contribution in [3.63, 3.8) is 0 Å². The molecule has 0 saturated carbocycles. The average molecular weight is 341 g/mol. The van der Waals surface area contributed by atoms with Crippen molar-refractivity contribution in [1.29, 1.82) is 0 Å². The molecule has 0 radical (unpaired) electrons. The van der Waals surface area contributed by atoms with E-state index in [4.69, 9.17) is 0 Å². The Hall–Kier alpha value is -1.72. The van der Waals surface area contributed by atoms with Gasteiger partial charge in [0.15, 0.2) is 0 Å². The summed E-state index contributed by atoms with van der Waals surface area (Å²) in [7, 11) is 0. The highest BCUT2D eigenvalue weighted by atomic mass is 32.2. The minimum Gasteiger partial charge on any atom is -0.356 e. The number of benzene rings is 1. The molecule has 4 heterocycles. The molecular formula is C19H23N3OS. The predicted octanol–water partition coefficient (Wildman–Crippen LogP) is 3.38. The van der Waals surface area contributed by atoms with Crippen LogP contribution in [0.5, 0.6) is 0 Å². The van der Waals surface area contributed by atoms with E-state index in [1.807, 2.05) is 42.6 Å². The molecule has 126 valence electrons. The first-order chi connectivity index (χ1) is 11.7. The van der Waals surface area contributed by atoms with E-state index in [2.05, 4.69) is 22.1 Å². The number of fused-ring (bicyclic) bond motifs is 3. The lowest BCUT2D eigenvalue weighted by Crippen LogP contribution is -2.60. The number of H-pyrrole nitrogens is 1. The van der Waals surface area contributed by atoms with Crippen LogP contribution < -0.4 is 5.32 Å². The standard InChI is InChI=1S/C19H23N3OS/c1-13-11-15-8-10-22(13)12-17(15)21-19(23)14-4-6-16(7-5-14)24-18-3-2-9-20-18/h2-7,9,13,15,17,20H,8,10-12H2,1H3,(H,21,23). The number of amides is 1. The van der Waals surface area contributed by atoms with Crippen molar-refractivity contribution in [2.24, 2.45) is 5.92 Å². The molecule has 5 rings (SSSR count). The summed E-state index contributed by atoms with van der Waals surface area (Å²) in [6.07, 6.45) is 4.33. The van der Waals surface area contributed by atoms with Gasteiger partial charge in [0.2, 0.25) is 0 Å². The largest absolute Gasteiger partial charge is 0.356 e. The van der Waals surface area contributed by atoms with Crippen molar-refractivity contribution in [2.75, 3.05) is 13.1 Å². The fraction of sp³-hybridized carbons (Fsp3) is 0.421. The molecule has 3 saturated heterocycles. The lowest BCUT2D eigenvalue weighted by molar-refractivity contribution is 0.0274. The molecule has 24 heavy (non-hydrogen) atoms. The molecule has 2 aromatic rings. The van der Waals surface area contributed by atoms with E-state index in [1.165, 1.54) is 19.4 Å². The summed E-state index contributed by atoms with van der Waals surface area (Å²) in [6, 6.07) is 12.9. The molecule has 4 unspecified atom stereocenters. The van der Waals surface area contributed by atoms with Gasteiger partial charge in [-0.1, -0.05) is 11.8 Å². The van der Waals surface area contributed by atoms with Crippen molar-refractivity contribution in [2.45, 2.75) is 41.8 Å². The third kappa shape index (κ3) is 3.23. The van der Waals surface area contributed by atoms with Gasteiger partial charge in [-0.15, -0.1) is 0 Å². The first-order valence-corrected chi connectivity index (χ1v) is 9.47. The van der Waals surface area contributed by atoms with Crippen LogP contribution in [0.4, 0.5) is 0 Å². The SMILES string of the molecule is CC1CC2CCN1CC2NC(=O)c1ccc(Sc2ccc[nH]2)cc1. The summed E-state index contributed by atoms with van der Waals surface area (Å²) < 4.78 is 0. The van der Waals surface area contributed by atoms with E-state index in [0.29, 0.717) is 18.0 Å². The third-order valence-electron chi connectivity index (χ3n) is 5.28. The number of hydrogen-bond donors (Lipinski definition) is 2. The Morgan fingerprint density at radius 1 is 1.29 bits per heavy atom. The highest BCUT2D eigenvalue weighted by molar-refractivity contribution is 7.99. The van der Waals surface area contributed by atoms with Crippen LogP contribution in [0.1, 0.15) is 30.1 Å². The zero-order valence-electron chi connectivity index (χ0n) is 13.9. The second-order valence-corrected chi connectivity index (χ2v) is 7.98. The monoisotopic (exact) mass is 341 g/mol. The van der Waals surface area contributed by atoms with Crippen LogP contribution in [0.25, 0.3) is 0 Å². The van der Waals surface area contributed by atoms with Crippen LogP contribution in [0.2, 0.25) is 0 Å². The van der Waals surface area contributed by atoms with Gasteiger partial charge in [0.25, 0.3) is 5.91 Å². The van der Waals surface area contributed by atoms with Gasteiger partial charge in [-0.2, -0.15) is 0 Å². The molecule has 3 fully saturated rings. The summed E-state index contributed by atoms with van der Waals surface area (Å²) in [6.45, 7) is 4.48. The van der Waals surface area contributed by atoms with Crippen molar-refractivity contribution < 1.29 is 4.79 Å². The second kappa shape index (κ2) is 6.65. The number of carbonyl (C=O) groups excluding carboxylic acids is 1. The van der Waals surface area contributed by atoms with Gasteiger partial charge >= 0.3 is 0 Å². The highest BCUT2D eigenvalue weighted by Gasteiger charge is 2.38. The number of aromatic amines is 1. The van der Waals surface area contributed by atoms with E-state index >= 15 is 0 Å². The maximum absolute atomic E-state index is 12.6. The van der Waals surface area contributed by atoms with Crippen LogP contribution in [0.15, 0.2) is 52.5 Å². The molecule has 4 atom stereocenters. The van der Waals surface area contributed by atoms with Gasteiger partial charge in [-0.3, -0.25) is 9.69 Å². The molecule has 3 aliphatic rings. The van der Waals surface area contributed by atoms with E-state index in [1.54, 1.807) is 11.8 Å². The summed E-state index contributed by atoms with van der Waals surface area (Å²) in [5.41, 5.74) is 0.746. The van der Waals surface area contributed by atoms with E-state index in [0.717, 1.165) is 22.0 Å². The first-order valence-electron chi connectivity index (χ1n) is 8.65. The number of nitrogens with zero attached hydrogens (tertiary/aromatic N) is 1. The fourth-order valence-corrected chi connectivity index (χ4v) is 4.69. The lowest BCUT2D eigenvalue weighted by Gasteiger charge is -2.48. The predicted molar refractivity (Wildman–Crippen MR) is 96.4 cm³/mol. The smallest absolute Gasteiger partial charge is 0.251 e. The number of rotatable bonds is 4. The number of hydrogen-bond acceptors (Lipinski definition) is 3. The molecular weight excluding hydrogens is 318 g/mol. The van der Waals surface area contributed by atoms with Crippen LogP contribution in [-0.2, 0) is 0 Å². The highest BCUT2D eigenvalue weighted by Crippen LogP contribution is 2.32. The molecule has 3 aliphatic heterocycles. The van der Waals surface area contributed by atoms with E-state index in [-0.39, 0.29) is 5.91 Å². The molecule has 0 spiro atoms. The molecule has 2 N–H and O–H groups in total. The van der Waals surface area contributed by atoms with Gasteiger partial charge in [0.1, 0.15) is 0 Å². The van der Waals surface area contributed by atoms with Gasteiger partial charge in [0, 0.05) is 35.3 Å². The fourth-order valence-electron chi connectivity index (χ4n) is 3.89. The Kier molecular flexibility index (Phi) is 4.37. The van der Waals surface area contributed by atoms with Crippen molar-refractivity contribution >= 4 is 17.7 Å². The van der Waals surface area contributed by atoms with Gasteiger partial charge < -0.3 is 10.3 Å². The number of nitrogens with one attached hydrogen (secondary N) is 2. The van der Waals surface area contributed by atoms with Gasteiger partial charge in [0.05, 0.1) is 5.03 Å². The topological polar surface area (TPSA) is 48.1 Å². The second-order valence-electron chi connectivity index (χ2n) is 6.87. The van der Waals surface area contributed by atoms with E-state index in [9.17, 15) is 4.79 Å². The van der Waals surface area contributed by atoms with Crippen molar-refractivity contribution in [3.05, 3.63) is 48.2 Å². The zero-order valence-corrected chi connectivity index (χ0v) is 14.7. The van der Waals surface area contributed by atoms with Crippen LogP contribution >= 0.6 is 11.8 Å². The molecule has 1 aromatic carbocycles. The molecule has 0 aliphatic carbocycles. The van der Waals surface area contributed by atoms with Gasteiger partial charge in [-0.25, -0.2) is 0 Å². The molecule has 1 aromatic heterocycles. The Morgan fingerprint density at radius 2 is 2.12 bits per heavy atom. The van der Waals surface area contributed by atoms with Gasteiger partial charge in [-0.05, 0) is 68.6 Å². The minimum absolute atomic E-state index is 0.0535. The summed E-state index contributed by atoms with van der Waals surface area (Å²) in [5.74, 6) is 0.689. The maximum Gasteiger partial charge on any atom is 0.251 e. The molecule has 2 bridgehead atoms. The number of carbonyl (C=O) groups is 1. The molecule has 5 heteroatoms. The van der Waals surface area contributed by atoms with Crippen LogP contribution in [-0.4, -0.2) is 41.0 Å². The van der Waals surface area contributed by atoms with Crippen molar-refractivity contribution in [1.82, 2.24) is 15.2 Å². The number of aromatic nitrogens is 1. The lowest BCUT2D eigenvalue weighted by atomic mass is 9.80. The quantitative estimate of drug-likeness (QED) is 0.896. The Morgan fingerprint density at radius 3 is 2.75 bits per heavy atom. The summed E-state index contributed by atoms with van der Waals surface area (Å²) in [5, 5.41) is 4.36. The molecule has 1 amide bonds. The Bertz CT molecular complexity index is 698. The molecule has 4 nitrogen and oxygen atoms in total. The Balaban J connectivity index is 1.38. The van der Waals surface area contributed by atoms with Crippen molar-refractivity contribution in [3.8, 4) is 0 Å². The minimum atomic E-state index is 0.0535. The summed E-state index contributed by atoms with van der Waals surface area (Å²) >= 11 is 1.67.